The molecule has 0 aliphatic carbocycles. The first kappa shape index (κ1) is 20.0. The molecule has 1 amide bonds. The van der Waals surface area contributed by atoms with Gasteiger partial charge in [0, 0.05) is 22.7 Å². The predicted molar refractivity (Wildman–Crippen MR) is 122 cm³/mol. The van der Waals surface area contributed by atoms with Gasteiger partial charge in [0.15, 0.2) is 6.61 Å². The lowest BCUT2D eigenvalue weighted by Crippen LogP contribution is -2.20. The lowest BCUT2D eigenvalue weighted by Gasteiger charge is -2.11. The van der Waals surface area contributed by atoms with Gasteiger partial charge in [-0.3, -0.25) is 4.79 Å². The Balaban J connectivity index is 1.35. The van der Waals surface area contributed by atoms with Crippen molar-refractivity contribution in [2.24, 2.45) is 0 Å². The van der Waals surface area contributed by atoms with Gasteiger partial charge in [-0.25, -0.2) is 9.78 Å². The highest BCUT2D eigenvalue weighted by molar-refractivity contribution is 5.97. The van der Waals surface area contributed by atoms with E-state index in [0.29, 0.717) is 11.4 Å². The maximum absolute atomic E-state index is 12.3. The standard InChI is InChI=1S/C26H20N2O3/c29-25(28-24-13-7-5-11-22(24)19-8-2-1-3-9-19)18-31-26(30)17-16-21-15-14-20-10-4-6-12-23(20)27-21/h1-17H,18H2,(H,28,29)/b17-16+. The van der Waals surface area contributed by atoms with Crippen molar-refractivity contribution in [2.45, 2.75) is 0 Å². The van der Waals surface area contributed by atoms with Crippen LogP contribution < -0.4 is 5.32 Å². The largest absolute Gasteiger partial charge is 0.452 e. The molecule has 1 heterocycles. The van der Waals surface area contributed by atoms with E-state index in [4.69, 9.17) is 4.74 Å². The molecule has 0 saturated carbocycles. The summed E-state index contributed by atoms with van der Waals surface area (Å²) in [5.74, 6) is -1.02. The lowest BCUT2D eigenvalue weighted by atomic mass is 10.0. The zero-order valence-electron chi connectivity index (χ0n) is 16.7. The summed E-state index contributed by atoms with van der Waals surface area (Å²) in [6.45, 7) is -0.378. The zero-order chi connectivity index (χ0) is 21.5. The number of carbonyl (C=O) groups is 2. The van der Waals surface area contributed by atoms with Gasteiger partial charge in [-0.1, -0.05) is 72.8 Å². The molecule has 31 heavy (non-hydrogen) atoms. The smallest absolute Gasteiger partial charge is 0.331 e. The molecule has 0 spiro atoms. The van der Waals surface area contributed by atoms with Crippen molar-refractivity contribution in [2.75, 3.05) is 11.9 Å². The summed E-state index contributed by atoms with van der Waals surface area (Å²) in [7, 11) is 0. The minimum Gasteiger partial charge on any atom is -0.452 e. The van der Waals surface area contributed by atoms with Crippen LogP contribution in [-0.4, -0.2) is 23.5 Å². The average molecular weight is 408 g/mol. The Morgan fingerprint density at radius 1 is 0.839 bits per heavy atom. The van der Waals surface area contributed by atoms with E-state index in [1.54, 1.807) is 6.08 Å². The molecule has 0 radical (unpaired) electrons. The fourth-order valence-electron chi connectivity index (χ4n) is 3.16. The highest BCUT2D eigenvalue weighted by Crippen LogP contribution is 2.27. The van der Waals surface area contributed by atoms with Crippen LogP contribution in [0.4, 0.5) is 5.69 Å². The van der Waals surface area contributed by atoms with Crippen molar-refractivity contribution in [1.29, 1.82) is 0 Å². The topological polar surface area (TPSA) is 68.3 Å². The molecule has 4 rings (SSSR count). The number of pyridine rings is 1. The van der Waals surface area contributed by atoms with Crippen LogP contribution in [0.25, 0.3) is 28.1 Å². The van der Waals surface area contributed by atoms with Crippen LogP contribution in [0, 0.1) is 0 Å². The van der Waals surface area contributed by atoms with Crippen molar-refractivity contribution in [3.63, 3.8) is 0 Å². The van der Waals surface area contributed by atoms with Crippen LogP contribution in [0.1, 0.15) is 5.69 Å². The molecular formula is C26H20N2O3. The SMILES string of the molecule is O=C(COC(=O)/C=C/c1ccc2ccccc2n1)Nc1ccccc1-c1ccccc1. The van der Waals surface area contributed by atoms with Crippen LogP contribution >= 0.6 is 0 Å². The van der Waals surface area contributed by atoms with E-state index in [-0.39, 0.29) is 6.61 Å². The van der Waals surface area contributed by atoms with Gasteiger partial charge < -0.3 is 10.1 Å². The number of hydrogen-bond donors (Lipinski definition) is 1. The van der Waals surface area contributed by atoms with E-state index < -0.39 is 11.9 Å². The Morgan fingerprint density at radius 2 is 1.58 bits per heavy atom. The Labute approximate surface area is 180 Å². The highest BCUT2D eigenvalue weighted by Gasteiger charge is 2.10. The number of esters is 1. The number of nitrogens with one attached hydrogen (secondary N) is 1. The third-order valence-electron chi connectivity index (χ3n) is 4.64. The van der Waals surface area contributed by atoms with E-state index in [9.17, 15) is 9.59 Å². The minimum atomic E-state index is -0.610. The van der Waals surface area contributed by atoms with Gasteiger partial charge in [-0.05, 0) is 29.8 Å². The number of nitrogens with zero attached hydrogens (tertiary/aromatic N) is 1. The molecule has 4 aromatic rings. The molecule has 0 bridgehead atoms. The number of fused-ring (bicyclic) bond motifs is 1. The highest BCUT2D eigenvalue weighted by atomic mass is 16.5. The molecule has 0 unspecified atom stereocenters. The zero-order valence-corrected chi connectivity index (χ0v) is 16.7. The number of para-hydroxylation sites is 2. The van der Waals surface area contributed by atoms with Crippen LogP contribution in [0.2, 0.25) is 0 Å². The lowest BCUT2D eigenvalue weighted by molar-refractivity contribution is -0.142. The molecule has 1 N–H and O–H groups in total. The van der Waals surface area contributed by atoms with Crippen molar-refractivity contribution in [3.8, 4) is 11.1 Å². The number of rotatable bonds is 6. The summed E-state index contributed by atoms with van der Waals surface area (Å²) in [5.41, 5.74) is 4.02. The van der Waals surface area contributed by atoms with Gasteiger partial charge in [-0.15, -0.1) is 0 Å². The fraction of sp³-hybridized carbons (Fsp3) is 0.0385. The summed E-state index contributed by atoms with van der Waals surface area (Å²) in [6.07, 6.45) is 2.83. The van der Waals surface area contributed by atoms with Gasteiger partial charge >= 0.3 is 5.97 Å². The third-order valence-corrected chi connectivity index (χ3v) is 4.64. The normalized spacial score (nSPS) is 10.8. The first-order valence-electron chi connectivity index (χ1n) is 9.84. The number of carbonyl (C=O) groups excluding carboxylic acids is 2. The molecule has 1 aromatic heterocycles. The van der Waals surface area contributed by atoms with Gasteiger partial charge in [-0.2, -0.15) is 0 Å². The molecule has 0 aliphatic heterocycles. The monoisotopic (exact) mass is 408 g/mol. The van der Waals surface area contributed by atoms with Crippen molar-refractivity contribution in [1.82, 2.24) is 4.98 Å². The summed E-state index contributed by atoms with van der Waals surface area (Å²) in [4.78, 5) is 28.8. The van der Waals surface area contributed by atoms with Crippen molar-refractivity contribution >= 4 is 34.5 Å². The van der Waals surface area contributed by atoms with Gasteiger partial charge in [0.1, 0.15) is 0 Å². The van der Waals surface area contributed by atoms with Crippen molar-refractivity contribution < 1.29 is 14.3 Å². The predicted octanol–water partition coefficient (Wildman–Crippen LogP) is 5.10. The average Bonchev–Trinajstić information content (AvgIpc) is 2.82. The van der Waals surface area contributed by atoms with Crippen LogP contribution in [0.5, 0.6) is 0 Å². The molecular weight excluding hydrogens is 388 g/mol. The van der Waals surface area contributed by atoms with Crippen LogP contribution in [-0.2, 0) is 14.3 Å². The summed E-state index contributed by atoms with van der Waals surface area (Å²) >= 11 is 0. The maximum Gasteiger partial charge on any atom is 0.331 e. The Bertz CT molecular complexity index is 1250. The molecule has 0 fully saturated rings. The molecule has 5 heteroatoms. The quantitative estimate of drug-likeness (QED) is 0.356. The van der Waals surface area contributed by atoms with Crippen molar-refractivity contribution in [3.05, 3.63) is 103 Å². The number of amides is 1. The first-order valence-corrected chi connectivity index (χ1v) is 9.84. The molecule has 0 aliphatic rings. The van der Waals surface area contributed by atoms with E-state index in [1.165, 1.54) is 6.08 Å². The molecule has 0 saturated heterocycles. The molecule has 5 nitrogen and oxygen atoms in total. The minimum absolute atomic E-state index is 0.378. The number of ether oxygens (including phenoxy) is 1. The second kappa shape index (κ2) is 9.50. The molecule has 3 aromatic carbocycles. The van der Waals surface area contributed by atoms with Crippen LogP contribution in [0.15, 0.2) is 97.1 Å². The Hall–Kier alpha value is -4.25. The first-order chi connectivity index (χ1) is 15.2. The van der Waals surface area contributed by atoms with Gasteiger partial charge in [0.2, 0.25) is 0 Å². The maximum atomic E-state index is 12.3. The number of benzene rings is 3. The molecule has 152 valence electrons. The van der Waals surface area contributed by atoms with Gasteiger partial charge in [0.25, 0.3) is 5.91 Å². The third kappa shape index (κ3) is 5.22. The number of aromatic nitrogens is 1. The fourth-order valence-corrected chi connectivity index (χ4v) is 3.16. The summed E-state index contributed by atoms with van der Waals surface area (Å²) in [5, 5.41) is 3.83. The van der Waals surface area contributed by atoms with E-state index in [2.05, 4.69) is 10.3 Å². The van der Waals surface area contributed by atoms with Gasteiger partial charge in [0.05, 0.1) is 11.2 Å². The Morgan fingerprint density at radius 3 is 2.45 bits per heavy atom. The van der Waals surface area contributed by atoms with E-state index in [1.807, 2.05) is 91.0 Å². The van der Waals surface area contributed by atoms with E-state index in [0.717, 1.165) is 22.0 Å². The summed E-state index contributed by atoms with van der Waals surface area (Å²) in [6, 6.07) is 28.7. The number of hydrogen-bond acceptors (Lipinski definition) is 4. The second-order valence-electron chi connectivity index (χ2n) is 6.83. The van der Waals surface area contributed by atoms with E-state index >= 15 is 0 Å². The number of anilines is 1. The Kier molecular flexibility index (Phi) is 6.14. The summed E-state index contributed by atoms with van der Waals surface area (Å²) < 4.78 is 5.07. The van der Waals surface area contributed by atoms with Crippen LogP contribution in [0.3, 0.4) is 0 Å². The molecule has 0 atom stereocenters. The second-order valence-corrected chi connectivity index (χ2v) is 6.83.